The fraction of sp³-hybridized carbons (Fsp3) is 0.333. The zero-order valence-corrected chi connectivity index (χ0v) is 13.8. The van der Waals surface area contributed by atoms with Crippen LogP contribution in [0.5, 0.6) is 11.5 Å². The Balaban J connectivity index is 2.20. The van der Waals surface area contributed by atoms with Gasteiger partial charge < -0.3 is 10.1 Å². The van der Waals surface area contributed by atoms with E-state index in [1.807, 2.05) is 43.3 Å². The zero-order chi connectivity index (χ0) is 15.5. The second kappa shape index (κ2) is 6.50. The lowest BCUT2D eigenvalue weighted by Crippen LogP contribution is -2.35. The normalized spacial score (nSPS) is 11.5. The quantitative estimate of drug-likeness (QED) is 0.824. The molecule has 0 fully saturated rings. The van der Waals surface area contributed by atoms with E-state index in [-0.39, 0.29) is 5.54 Å². The van der Waals surface area contributed by atoms with Crippen LogP contribution in [-0.2, 0) is 6.54 Å². The van der Waals surface area contributed by atoms with E-state index in [9.17, 15) is 0 Å². The highest BCUT2D eigenvalue weighted by molar-refractivity contribution is 6.32. The maximum absolute atomic E-state index is 6.24. The fourth-order valence-corrected chi connectivity index (χ4v) is 2.19. The number of rotatable bonds is 4. The summed E-state index contributed by atoms with van der Waals surface area (Å²) in [5, 5.41) is 4.11. The molecule has 0 saturated heterocycles. The summed E-state index contributed by atoms with van der Waals surface area (Å²) in [4.78, 5) is 0. The maximum atomic E-state index is 6.24. The van der Waals surface area contributed by atoms with Gasteiger partial charge in [-0.2, -0.15) is 0 Å². The van der Waals surface area contributed by atoms with Crippen LogP contribution >= 0.6 is 11.6 Å². The first-order valence-electron chi connectivity index (χ1n) is 7.12. The molecule has 112 valence electrons. The van der Waals surface area contributed by atoms with Crippen molar-refractivity contribution in [2.24, 2.45) is 0 Å². The highest BCUT2D eigenvalue weighted by atomic mass is 35.5. The van der Waals surface area contributed by atoms with E-state index < -0.39 is 0 Å². The van der Waals surface area contributed by atoms with E-state index in [0.29, 0.717) is 10.8 Å². The Bertz CT molecular complexity index is 617. The number of ether oxygens (including phenoxy) is 1. The molecule has 3 heteroatoms. The van der Waals surface area contributed by atoms with Crippen molar-refractivity contribution in [3.05, 3.63) is 58.6 Å². The molecular weight excluding hydrogens is 282 g/mol. The third kappa shape index (κ3) is 4.76. The van der Waals surface area contributed by atoms with Crippen molar-refractivity contribution in [1.82, 2.24) is 5.32 Å². The monoisotopic (exact) mass is 303 g/mol. The molecule has 0 atom stereocenters. The topological polar surface area (TPSA) is 21.3 Å². The van der Waals surface area contributed by atoms with Crippen molar-refractivity contribution in [2.75, 3.05) is 0 Å². The molecule has 0 aliphatic rings. The van der Waals surface area contributed by atoms with Gasteiger partial charge in [0.2, 0.25) is 0 Å². The van der Waals surface area contributed by atoms with Gasteiger partial charge in [0.05, 0.1) is 5.02 Å². The van der Waals surface area contributed by atoms with Crippen molar-refractivity contribution in [1.29, 1.82) is 0 Å². The summed E-state index contributed by atoms with van der Waals surface area (Å²) in [5.41, 5.74) is 2.30. The molecule has 0 radical (unpaired) electrons. The summed E-state index contributed by atoms with van der Waals surface area (Å²) in [6.45, 7) is 9.20. The molecule has 0 saturated carbocycles. The first-order valence-corrected chi connectivity index (χ1v) is 7.50. The number of hydrogen-bond donors (Lipinski definition) is 1. The maximum Gasteiger partial charge on any atom is 0.146 e. The van der Waals surface area contributed by atoms with Gasteiger partial charge in [0.15, 0.2) is 0 Å². The lowest BCUT2D eigenvalue weighted by atomic mass is 10.1. The third-order valence-electron chi connectivity index (χ3n) is 3.09. The predicted octanol–water partition coefficient (Wildman–Crippen LogP) is 5.33. The number of nitrogens with one attached hydrogen (secondary N) is 1. The second-order valence-corrected chi connectivity index (χ2v) is 6.65. The van der Waals surface area contributed by atoms with Gasteiger partial charge in [-0.3, -0.25) is 0 Å². The number of halogens is 1. The fourth-order valence-electron chi connectivity index (χ4n) is 1.92. The third-order valence-corrected chi connectivity index (χ3v) is 3.38. The summed E-state index contributed by atoms with van der Waals surface area (Å²) in [6, 6.07) is 13.8. The van der Waals surface area contributed by atoms with Gasteiger partial charge in [-0.1, -0.05) is 35.9 Å². The van der Waals surface area contributed by atoms with Crippen LogP contribution in [0.4, 0.5) is 0 Å². The van der Waals surface area contributed by atoms with Crippen LogP contribution in [0.1, 0.15) is 31.9 Å². The lowest BCUT2D eigenvalue weighted by molar-refractivity contribution is 0.414. The smallest absolute Gasteiger partial charge is 0.146 e. The molecule has 0 aromatic heterocycles. The number of benzene rings is 2. The van der Waals surface area contributed by atoms with Crippen molar-refractivity contribution in [2.45, 2.75) is 39.8 Å². The molecule has 0 aliphatic heterocycles. The van der Waals surface area contributed by atoms with Crippen molar-refractivity contribution in [3.8, 4) is 11.5 Å². The van der Waals surface area contributed by atoms with E-state index >= 15 is 0 Å². The Morgan fingerprint density at radius 3 is 2.43 bits per heavy atom. The van der Waals surface area contributed by atoms with Gasteiger partial charge in [-0.15, -0.1) is 0 Å². The molecule has 0 heterocycles. The average molecular weight is 304 g/mol. The van der Waals surface area contributed by atoms with Gasteiger partial charge >= 0.3 is 0 Å². The number of aryl methyl sites for hydroxylation is 1. The summed E-state index contributed by atoms with van der Waals surface area (Å²) < 4.78 is 5.99. The molecular formula is C18H22ClNO. The molecule has 0 amide bonds. The van der Waals surface area contributed by atoms with Crippen LogP contribution < -0.4 is 10.1 Å². The molecule has 2 aromatic carbocycles. The summed E-state index contributed by atoms with van der Waals surface area (Å²) in [5.74, 6) is 1.52. The van der Waals surface area contributed by atoms with E-state index in [0.717, 1.165) is 23.4 Å². The molecule has 0 bridgehead atoms. The van der Waals surface area contributed by atoms with Gasteiger partial charge in [0.25, 0.3) is 0 Å². The molecule has 1 N–H and O–H groups in total. The number of para-hydroxylation sites is 1. The Kier molecular flexibility index (Phi) is 4.92. The highest BCUT2D eigenvalue weighted by Crippen LogP contribution is 2.31. The average Bonchev–Trinajstić information content (AvgIpc) is 2.40. The summed E-state index contributed by atoms with van der Waals surface area (Å²) in [6.07, 6.45) is 0. The van der Waals surface area contributed by atoms with Crippen molar-refractivity contribution < 1.29 is 4.74 Å². The van der Waals surface area contributed by atoms with Gasteiger partial charge in [0.1, 0.15) is 11.5 Å². The van der Waals surface area contributed by atoms with Crippen LogP contribution in [-0.4, -0.2) is 5.54 Å². The lowest BCUT2D eigenvalue weighted by Gasteiger charge is -2.21. The second-order valence-electron chi connectivity index (χ2n) is 6.25. The molecule has 2 nitrogen and oxygen atoms in total. The van der Waals surface area contributed by atoms with Crippen LogP contribution in [0.2, 0.25) is 5.02 Å². The molecule has 0 aliphatic carbocycles. The Hall–Kier alpha value is -1.51. The summed E-state index contributed by atoms with van der Waals surface area (Å²) in [7, 11) is 0. The minimum Gasteiger partial charge on any atom is -0.455 e. The van der Waals surface area contributed by atoms with E-state index in [1.165, 1.54) is 0 Å². The van der Waals surface area contributed by atoms with Gasteiger partial charge in [-0.05, 0) is 51.5 Å². The van der Waals surface area contributed by atoms with Crippen LogP contribution in [0, 0.1) is 6.92 Å². The Morgan fingerprint density at radius 2 is 1.76 bits per heavy atom. The first-order chi connectivity index (χ1) is 9.85. The standard InChI is InChI=1S/C18H22ClNO/c1-13-9-10-17(15(19)11-13)21-16-8-6-5-7-14(16)12-20-18(2,3)4/h5-11,20H,12H2,1-4H3. The van der Waals surface area contributed by atoms with Crippen molar-refractivity contribution >= 4 is 11.6 Å². The van der Waals surface area contributed by atoms with Crippen LogP contribution in [0.25, 0.3) is 0 Å². The largest absolute Gasteiger partial charge is 0.455 e. The predicted molar refractivity (Wildman–Crippen MR) is 89.3 cm³/mol. The molecule has 2 rings (SSSR count). The highest BCUT2D eigenvalue weighted by Gasteiger charge is 2.12. The first kappa shape index (κ1) is 15.9. The molecule has 0 unspecified atom stereocenters. The summed E-state index contributed by atoms with van der Waals surface area (Å²) >= 11 is 6.24. The Labute approximate surface area is 132 Å². The number of hydrogen-bond acceptors (Lipinski definition) is 2. The zero-order valence-electron chi connectivity index (χ0n) is 13.0. The van der Waals surface area contributed by atoms with Gasteiger partial charge in [0, 0.05) is 17.6 Å². The molecule has 0 spiro atoms. The van der Waals surface area contributed by atoms with E-state index in [2.05, 4.69) is 32.2 Å². The molecule has 2 aromatic rings. The minimum absolute atomic E-state index is 0.0641. The van der Waals surface area contributed by atoms with Gasteiger partial charge in [-0.25, -0.2) is 0 Å². The SMILES string of the molecule is Cc1ccc(Oc2ccccc2CNC(C)(C)C)c(Cl)c1. The van der Waals surface area contributed by atoms with E-state index in [4.69, 9.17) is 16.3 Å². The van der Waals surface area contributed by atoms with Crippen LogP contribution in [0.3, 0.4) is 0 Å². The van der Waals surface area contributed by atoms with E-state index in [1.54, 1.807) is 0 Å². The van der Waals surface area contributed by atoms with Crippen LogP contribution in [0.15, 0.2) is 42.5 Å². The minimum atomic E-state index is 0.0641. The molecule has 21 heavy (non-hydrogen) atoms. The Morgan fingerprint density at radius 1 is 1.05 bits per heavy atom. The van der Waals surface area contributed by atoms with Crippen molar-refractivity contribution in [3.63, 3.8) is 0 Å².